The Labute approximate surface area is 97.2 Å². The first-order chi connectivity index (χ1) is 7.61. The summed E-state index contributed by atoms with van der Waals surface area (Å²) < 4.78 is 0. The second kappa shape index (κ2) is 3.94. The van der Waals surface area contributed by atoms with Crippen LogP contribution in [0.4, 0.5) is 0 Å². The zero-order valence-electron chi connectivity index (χ0n) is 8.18. The van der Waals surface area contributed by atoms with Crippen LogP contribution in [0.2, 0.25) is 5.02 Å². The minimum Gasteiger partial charge on any atom is -0.506 e. The normalized spacial score (nSPS) is 10.3. The number of para-hydroxylation sites is 2. The standard InChI is InChI=1S/C12H9ClO3/c13-9-5-1-3-7(11(9)15)8-4-2-6-10(14)12(8)16/h1-6,14-16H. The van der Waals surface area contributed by atoms with Crippen LogP contribution in [0.5, 0.6) is 17.2 Å². The Morgan fingerprint density at radius 3 is 2.00 bits per heavy atom. The summed E-state index contributed by atoms with van der Waals surface area (Å²) in [5, 5.41) is 29.0. The van der Waals surface area contributed by atoms with Gasteiger partial charge in [0.05, 0.1) is 5.02 Å². The smallest absolute Gasteiger partial charge is 0.165 e. The molecule has 0 unspecified atom stereocenters. The van der Waals surface area contributed by atoms with Gasteiger partial charge in [0, 0.05) is 11.1 Å². The van der Waals surface area contributed by atoms with E-state index in [1.165, 1.54) is 6.07 Å². The average molecular weight is 237 g/mol. The molecule has 0 aromatic heterocycles. The molecule has 0 aliphatic rings. The van der Waals surface area contributed by atoms with E-state index in [1.54, 1.807) is 30.3 Å². The molecule has 82 valence electrons. The lowest BCUT2D eigenvalue weighted by Gasteiger charge is -2.08. The molecule has 0 amide bonds. The van der Waals surface area contributed by atoms with Crippen LogP contribution in [0.3, 0.4) is 0 Å². The van der Waals surface area contributed by atoms with Crippen LogP contribution in [0.25, 0.3) is 11.1 Å². The maximum Gasteiger partial charge on any atom is 0.165 e. The molecule has 3 nitrogen and oxygen atoms in total. The number of phenols is 3. The van der Waals surface area contributed by atoms with E-state index in [2.05, 4.69) is 0 Å². The van der Waals surface area contributed by atoms with Crippen LogP contribution in [0, 0.1) is 0 Å². The molecule has 0 saturated heterocycles. The summed E-state index contributed by atoms with van der Waals surface area (Å²) in [5.41, 5.74) is 0.709. The first-order valence-corrected chi connectivity index (χ1v) is 4.98. The summed E-state index contributed by atoms with van der Waals surface area (Å²) in [6.45, 7) is 0. The van der Waals surface area contributed by atoms with Crippen molar-refractivity contribution in [2.45, 2.75) is 0 Å². The maximum absolute atomic E-state index is 9.74. The molecule has 4 heteroatoms. The van der Waals surface area contributed by atoms with E-state index in [0.717, 1.165) is 0 Å². The van der Waals surface area contributed by atoms with E-state index in [4.69, 9.17) is 11.6 Å². The van der Waals surface area contributed by atoms with Gasteiger partial charge in [0.1, 0.15) is 5.75 Å². The molecule has 0 saturated carbocycles. The summed E-state index contributed by atoms with van der Waals surface area (Å²) in [6.07, 6.45) is 0. The third kappa shape index (κ3) is 1.66. The molecular formula is C12H9ClO3. The van der Waals surface area contributed by atoms with Crippen molar-refractivity contribution in [3.63, 3.8) is 0 Å². The molecule has 2 rings (SSSR count). The van der Waals surface area contributed by atoms with Crippen LogP contribution in [-0.4, -0.2) is 15.3 Å². The molecule has 16 heavy (non-hydrogen) atoms. The lowest BCUT2D eigenvalue weighted by molar-refractivity contribution is 0.405. The first-order valence-electron chi connectivity index (χ1n) is 4.60. The summed E-state index contributed by atoms with van der Waals surface area (Å²) in [5.74, 6) is -0.637. The summed E-state index contributed by atoms with van der Waals surface area (Å²) in [6, 6.07) is 9.32. The third-order valence-corrected chi connectivity index (χ3v) is 2.60. The highest BCUT2D eigenvalue weighted by molar-refractivity contribution is 6.32. The van der Waals surface area contributed by atoms with Gasteiger partial charge in [-0.3, -0.25) is 0 Å². The molecule has 0 fully saturated rings. The van der Waals surface area contributed by atoms with E-state index in [9.17, 15) is 15.3 Å². The van der Waals surface area contributed by atoms with E-state index in [-0.39, 0.29) is 22.3 Å². The van der Waals surface area contributed by atoms with Crippen molar-refractivity contribution in [1.29, 1.82) is 0 Å². The largest absolute Gasteiger partial charge is 0.506 e. The minimum absolute atomic E-state index is 0.120. The Balaban J connectivity index is 2.68. The summed E-state index contributed by atoms with van der Waals surface area (Å²) in [7, 11) is 0. The third-order valence-electron chi connectivity index (χ3n) is 2.29. The minimum atomic E-state index is -0.278. The monoisotopic (exact) mass is 236 g/mol. The van der Waals surface area contributed by atoms with Crippen molar-refractivity contribution in [1.82, 2.24) is 0 Å². The second-order valence-corrected chi connectivity index (χ2v) is 3.72. The molecule has 3 N–H and O–H groups in total. The van der Waals surface area contributed by atoms with Crippen LogP contribution >= 0.6 is 11.6 Å². The Kier molecular flexibility index (Phi) is 2.62. The Hall–Kier alpha value is -1.87. The first kappa shape index (κ1) is 10.6. The zero-order valence-corrected chi connectivity index (χ0v) is 8.94. The van der Waals surface area contributed by atoms with E-state index >= 15 is 0 Å². The SMILES string of the molecule is Oc1cccc(-c2cccc(Cl)c2O)c1O. The lowest BCUT2D eigenvalue weighted by atomic mass is 10.0. The highest BCUT2D eigenvalue weighted by Gasteiger charge is 2.13. The molecule has 2 aromatic rings. The number of rotatable bonds is 1. The molecule has 0 heterocycles. The van der Waals surface area contributed by atoms with Gasteiger partial charge < -0.3 is 15.3 Å². The Morgan fingerprint density at radius 1 is 0.750 bits per heavy atom. The molecule has 0 radical (unpaired) electrons. The number of aromatic hydroxyl groups is 3. The van der Waals surface area contributed by atoms with Crippen LogP contribution in [0.1, 0.15) is 0 Å². The van der Waals surface area contributed by atoms with Gasteiger partial charge in [-0.25, -0.2) is 0 Å². The van der Waals surface area contributed by atoms with Gasteiger partial charge in [-0.2, -0.15) is 0 Å². The maximum atomic E-state index is 9.74. The van der Waals surface area contributed by atoms with Gasteiger partial charge >= 0.3 is 0 Å². The molecule has 0 aliphatic carbocycles. The lowest BCUT2D eigenvalue weighted by Crippen LogP contribution is -1.81. The van der Waals surface area contributed by atoms with Gasteiger partial charge in [0.2, 0.25) is 0 Å². The van der Waals surface area contributed by atoms with Gasteiger partial charge in [0.15, 0.2) is 11.5 Å². The van der Waals surface area contributed by atoms with E-state index in [0.29, 0.717) is 11.1 Å². The summed E-state index contributed by atoms with van der Waals surface area (Å²) >= 11 is 5.76. The molecule has 2 aromatic carbocycles. The molecular weight excluding hydrogens is 228 g/mol. The van der Waals surface area contributed by atoms with Gasteiger partial charge in [-0.1, -0.05) is 35.9 Å². The van der Waals surface area contributed by atoms with Crippen LogP contribution in [0.15, 0.2) is 36.4 Å². The topological polar surface area (TPSA) is 60.7 Å². The van der Waals surface area contributed by atoms with Gasteiger partial charge in [-0.15, -0.1) is 0 Å². The fraction of sp³-hybridized carbons (Fsp3) is 0. The fourth-order valence-electron chi connectivity index (χ4n) is 1.48. The molecule has 0 aliphatic heterocycles. The highest BCUT2D eigenvalue weighted by atomic mass is 35.5. The van der Waals surface area contributed by atoms with Crippen molar-refractivity contribution < 1.29 is 15.3 Å². The second-order valence-electron chi connectivity index (χ2n) is 3.31. The number of hydrogen-bond acceptors (Lipinski definition) is 3. The molecule has 0 atom stereocenters. The predicted molar refractivity (Wildman–Crippen MR) is 61.9 cm³/mol. The van der Waals surface area contributed by atoms with Crippen molar-refractivity contribution >= 4 is 11.6 Å². The number of benzene rings is 2. The van der Waals surface area contributed by atoms with Crippen molar-refractivity contribution in [2.75, 3.05) is 0 Å². The zero-order chi connectivity index (χ0) is 11.7. The van der Waals surface area contributed by atoms with E-state index < -0.39 is 0 Å². The summed E-state index contributed by atoms with van der Waals surface area (Å²) in [4.78, 5) is 0. The van der Waals surface area contributed by atoms with Crippen LogP contribution in [-0.2, 0) is 0 Å². The highest BCUT2D eigenvalue weighted by Crippen LogP contribution is 2.42. The quantitative estimate of drug-likeness (QED) is 0.667. The number of halogens is 1. The van der Waals surface area contributed by atoms with Crippen molar-refractivity contribution in [3.05, 3.63) is 41.4 Å². The Morgan fingerprint density at radius 2 is 1.31 bits per heavy atom. The molecule has 0 spiro atoms. The van der Waals surface area contributed by atoms with Gasteiger partial charge in [0.25, 0.3) is 0 Å². The van der Waals surface area contributed by atoms with Crippen LogP contribution < -0.4 is 0 Å². The fourth-order valence-corrected chi connectivity index (χ4v) is 1.66. The number of hydrogen-bond donors (Lipinski definition) is 3. The Bertz CT molecular complexity index is 488. The predicted octanol–water partition coefficient (Wildman–Crippen LogP) is 3.12. The average Bonchev–Trinajstić information content (AvgIpc) is 2.27. The van der Waals surface area contributed by atoms with E-state index in [1.807, 2.05) is 0 Å². The van der Waals surface area contributed by atoms with Gasteiger partial charge in [-0.05, 0) is 12.1 Å². The van der Waals surface area contributed by atoms with Crippen molar-refractivity contribution in [2.24, 2.45) is 0 Å². The molecule has 0 bridgehead atoms. The number of phenolic OH excluding ortho intramolecular Hbond substituents is 3. The van der Waals surface area contributed by atoms with Crippen molar-refractivity contribution in [3.8, 4) is 28.4 Å².